The molecule has 0 aliphatic carbocycles. The first-order valence-corrected chi connectivity index (χ1v) is 9.15. The van der Waals surface area contributed by atoms with Gasteiger partial charge in [-0.1, -0.05) is 12.1 Å². The fourth-order valence-corrected chi connectivity index (χ4v) is 2.92. The van der Waals surface area contributed by atoms with Gasteiger partial charge in [-0.25, -0.2) is 0 Å². The topological polar surface area (TPSA) is 89.8 Å². The van der Waals surface area contributed by atoms with Crippen molar-refractivity contribution in [3.05, 3.63) is 53.1 Å². The lowest BCUT2D eigenvalue weighted by atomic mass is 10.1. The summed E-state index contributed by atoms with van der Waals surface area (Å²) in [4.78, 5) is 12.4. The Labute approximate surface area is 169 Å². The number of nitrogens with one attached hydrogen (secondary N) is 1. The Morgan fingerprint density at radius 1 is 1.10 bits per heavy atom. The number of ether oxygens (including phenoxy) is 4. The van der Waals surface area contributed by atoms with E-state index in [1.807, 2.05) is 24.3 Å². The molecule has 0 saturated heterocycles. The van der Waals surface area contributed by atoms with Crippen molar-refractivity contribution in [1.29, 1.82) is 5.26 Å². The molecule has 0 aromatic heterocycles. The van der Waals surface area contributed by atoms with Crippen LogP contribution in [0, 0.1) is 11.3 Å². The van der Waals surface area contributed by atoms with Crippen molar-refractivity contribution in [1.82, 2.24) is 5.32 Å². The van der Waals surface area contributed by atoms with E-state index in [0.29, 0.717) is 54.7 Å². The van der Waals surface area contributed by atoms with Crippen LogP contribution in [0.1, 0.15) is 11.1 Å². The van der Waals surface area contributed by atoms with E-state index in [-0.39, 0.29) is 5.57 Å². The minimum absolute atomic E-state index is 0.0222. The zero-order chi connectivity index (χ0) is 20.6. The van der Waals surface area contributed by atoms with Gasteiger partial charge in [0, 0.05) is 6.54 Å². The Morgan fingerprint density at radius 2 is 1.86 bits per heavy atom. The molecule has 1 heterocycles. The molecule has 0 saturated carbocycles. The predicted molar refractivity (Wildman–Crippen MR) is 107 cm³/mol. The van der Waals surface area contributed by atoms with Crippen LogP contribution in [0.3, 0.4) is 0 Å². The minimum atomic E-state index is -0.428. The van der Waals surface area contributed by atoms with E-state index in [1.54, 1.807) is 32.4 Å². The summed E-state index contributed by atoms with van der Waals surface area (Å²) in [6.45, 7) is 1.37. The maximum absolute atomic E-state index is 12.4. The molecule has 1 aliphatic heterocycles. The van der Waals surface area contributed by atoms with Crippen molar-refractivity contribution in [2.75, 3.05) is 34.0 Å². The first kappa shape index (κ1) is 20.1. The van der Waals surface area contributed by atoms with E-state index < -0.39 is 5.91 Å². The number of nitrogens with zero attached hydrogens (tertiary/aromatic N) is 1. The molecule has 2 aromatic carbocycles. The van der Waals surface area contributed by atoms with Crippen molar-refractivity contribution >= 4 is 12.0 Å². The van der Waals surface area contributed by atoms with Crippen molar-refractivity contribution in [3.8, 4) is 29.1 Å². The highest BCUT2D eigenvalue weighted by molar-refractivity contribution is 6.01. The van der Waals surface area contributed by atoms with E-state index >= 15 is 0 Å². The molecule has 7 nitrogen and oxygen atoms in total. The van der Waals surface area contributed by atoms with E-state index in [1.165, 1.54) is 6.08 Å². The van der Waals surface area contributed by atoms with Crippen LogP contribution in [-0.4, -0.2) is 39.9 Å². The number of methoxy groups -OCH3 is 2. The lowest BCUT2D eigenvalue weighted by molar-refractivity contribution is -0.117. The molecule has 29 heavy (non-hydrogen) atoms. The number of rotatable bonds is 7. The highest BCUT2D eigenvalue weighted by atomic mass is 16.6. The molecule has 0 spiro atoms. The quantitative estimate of drug-likeness (QED) is 0.574. The van der Waals surface area contributed by atoms with Crippen LogP contribution in [0.2, 0.25) is 0 Å². The summed E-state index contributed by atoms with van der Waals surface area (Å²) in [6.07, 6.45) is 2.12. The highest BCUT2D eigenvalue weighted by Gasteiger charge is 2.13. The molecule has 1 N–H and O–H groups in total. The normalized spacial score (nSPS) is 12.7. The van der Waals surface area contributed by atoms with E-state index in [2.05, 4.69) is 5.32 Å². The second-order valence-corrected chi connectivity index (χ2v) is 6.27. The number of hydrogen-bond donors (Lipinski definition) is 1. The van der Waals surface area contributed by atoms with Crippen LogP contribution in [-0.2, 0) is 11.2 Å². The maximum atomic E-state index is 12.4. The van der Waals surface area contributed by atoms with Crippen LogP contribution in [0.25, 0.3) is 6.08 Å². The van der Waals surface area contributed by atoms with Gasteiger partial charge >= 0.3 is 0 Å². The number of amides is 1. The van der Waals surface area contributed by atoms with E-state index in [0.717, 1.165) is 5.56 Å². The van der Waals surface area contributed by atoms with Gasteiger partial charge in [0.2, 0.25) is 0 Å². The summed E-state index contributed by atoms with van der Waals surface area (Å²) in [6, 6.07) is 12.8. The summed E-state index contributed by atoms with van der Waals surface area (Å²) in [5.74, 6) is 2.12. The van der Waals surface area contributed by atoms with E-state index in [4.69, 9.17) is 18.9 Å². The monoisotopic (exact) mass is 394 g/mol. The fraction of sp³-hybridized carbons (Fsp3) is 0.273. The Hall–Kier alpha value is -3.66. The maximum Gasteiger partial charge on any atom is 0.261 e. The molecular weight excluding hydrogens is 372 g/mol. The number of nitriles is 1. The summed E-state index contributed by atoms with van der Waals surface area (Å²) in [5.41, 5.74) is 1.70. The Bertz CT molecular complexity index is 962. The predicted octanol–water partition coefficient (Wildman–Crippen LogP) is 2.74. The van der Waals surface area contributed by atoms with Crippen molar-refractivity contribution in [2.45, 2.75) is 6.42 Å². The molecule has 0 radical (unpaired) electrons. The average Bonchev–Trinajstić information content (AvgIpc) is 2.77. The Morgan fingerprint density at radius 3 is 2.59 bits per heavy atom. The smallest absolute Gasteiger partial charge is 0.261 e. The second-order valence-electron chi connectivity index (χ2n) is 6.27. The summed E-state index contributed by atoms with van der Waals surface area (Å²) >= 11 is 0. The third kappa shape index (κ3) is 4.99. The van der Waals surface area contributed by atoms with Crippen LogP contribution >= 0.6 is 0 Å². The van der Waals surface area contributed by atoms with Gasteiger partial charge in [0.25, 0.3) is 5.91 Å². The SMILES string of the molecule is COc1ccc(CCNC(=O)C(C#N)=Cc2ccc3c(c2)OCCO3)cc1OC. The molecule has 3 rings (SSSR count). The molecule has 1 amide bonds. The van der Waals surface area contributed by atoms with Gasteiger partial charge in [0.1, 0.15) is 24.9 Å². The summed E-state index contributed by atoms with van der Waals surface area (Å²) in [7, 11) is 3.15. The fourth-order valence-electron chi connectivity index (χ4n) is 2.92. The standard InChI is InChI=1S/C22H22N2O5/c1-26-18-5-3-15(12-20(18)27-2)7-8-24-22(25)17(14-23)11-16-4-6-19-21(13-16)29-10-9-28-19/h3-6,11-13H,7-10H2,1-2H3,(H,24,25). The number of hydrogen-bond acceptors (Lipinski definition) is 6. The van der Waals surface area contributed by atoms with Crippen molar-refractivity contribution in [3.63, 3.8) is 0 Å². The molecule has 150 valence electrons. The number of carbonyl (C=O) groups is 1. The molecule has 0 fully saturated rings. The number of fused-ring (bicyclic) bond motifs is 1. The zero-order valence-electron chi connectivity index (χ0n) is 16.4. The molecular formula is C22H22N2O5. The van der Waals surface area contributed by atoms with Crippen LogP contribution < -0.4 is 24.3 Å². The van der Waals surface area contributed by atoms with Gasteiger partial charge in [0.15, 0.2) is 23.0 Å². The molecule has 2 aromatic rings. The van der Waals surface area contributed by atoms with E-state index in [9.17, 15) is 10.1 Å². The Kier molecular flexibility index (Phi) is 6.59. The number of carbonyl (C=O) groups excluding carboxylic acids is 1. The van der Waals surface area contributed by atoms with Gasteiger partial charge in [-0.05, 0) is 47.9 Å². The summed E-state index contributed by atoms with van der Waals surface area (Å²) in [5, 5.41) is 12.1. The first-order chi connectivity index (χ1) is 14.1. The molecule has 0 bridgehead atoms. The molecule has 1 aliphatic rings. The third-order valence-corrected chi connectivity index (χ3v) is 4.39. The summed E-state index contributed by atoms with van der Waals surface area (Å²) < 4.78 is 21.5. The second kappa shape index (κ2) is 9.51. The van der Waals surface area contributed by atoms with Gasteiger partial charge in [-0.3, -0.25) is 4.79 Å². The molecule has 7 heteroatoms. The van der Waals surface area contributed by atoms with Gasteiger partial charge in [0.05, 0.1) is 14.2 Å². The lowest BCUT2D eigenvalue weighted by Crippen LogP contribution is -2.26. The Balaban J connectivity index is 1.62. The van der Waals surface area contributed by atoms with Gasteiger partial charge in [-0.2, -0.15) is 5.26 Å². The van der Waals surface area contributed by atoms with Crippen LogP contribution in [0.5, 0.6) is 23.0 Å². The largest absolute Gasteiger partial charge is 0.493 e. The van der Waals surface area contributed by atoms with Crippen molar-refractivity contribution < 1.29 is 23.7 Å². The average molecular weight is 394 g/mol. The first-order valence-electron chi connectivity index (χ1n) is 9.15. The zero-order valence-corrected chi connectivity index (χ0v) is 16.4. The van der Waals surface area contributed by atoms with Gasteiger partial charge in [-0.15, -0.1) is 0 Å². The third-order valence-electron chi connectivity index (χ3n) is 4.39. The van der Waals surface area contributed by atoms with Gasteiger partial charge < -0.3 is 24.3 Å². The lowest BCUT2D eigenvalue weighted by Gasteiger charge is -2.18. The molecule has 0 unspecified atom stereocenters. The van der Waals surface area contributed by atoms with Crippen molar-refractivity contribution in [2.24, 2.45) is 0 Å². The number of benzene rings is 2. The highest BCUT2D eigenvalue weighted by Crippen LogP contribution is 2.31. The van der Waals surface area contributed by atoms with Crippen LogP contribution in [0.15, 0.2) is 42.0 Å². The van der Waals surface area contributed by atoms with Crippen LogP contribution in [0.4, 0.5) is 0 Å². The molecule has 0 atom stereocenters. The minimum Gasteiger partial charge on any atom is -0.493 e.